The molecule has 3 aromatic carbocycles. The average Bonchev–Trinajstić information content (AvgIpc) is 2.98. The van der Waals surface area contributed by atoms with Crippen molar-refractivity contribution >= 4 is 21.8 Å². The zero-order chi connectivity index (χ0) is 20.8. The fourth-order valence-electron chi connectivity index (χ4n) is 3.72. The van der Waals surface area contributed by atoms with Gasteiger partial charge in [0, 0.05) is 16.5 Å². The van der Waals surface area contributed by atoms with Crippen molar-refractivity contribution in [3.05, 3.63) is 77.0 Å². The minimum absolute atomic E-state index is 0.190. The molecule has 0 fully saturated rings. The highest BCUT2D eigenvalue weighted by atomic mass is 17.1. The Morgan fingerprint density at radius 3 is 1.79 bits per heavy atom. The highest BCUT2D eigenvalue weighted by Crippen LogP contribution is 2.34. The van der Waals surface area contributed by atoms with E-state index in [2.05, 4.69) is 41.0 Å². The molecular weight excluding hydrogens is 364 g/mol. The topological polar surface area (TPSA) is 49.7 Å². The molecule has 0 atom stereocenters. The molecule has 5 nitrogen and oxygen atoms in total. The summed E-state index contributed by atoms with van der Waals surface area (Å²) in [6, 6.07) is 20.8. The number of para-hydroxylation sites is 2. The molecule has 0 aliphatic heterocycles. The minimum atomic E-state index is -0.632. The third-order valence-electron chi connectivity index (χ3n) is 4.80. The van der Waals surface area contributed by atoms with Crippen molar-refractivity contribution < 1.29 is 9.68 Å². The van der Waals surface area contributed by atoms with E-state index in [1.54, 1.807) is 20.8 Å². The van der Waals surface area contributed by atoms with Crippen molar-refractivity contribution in [1.29, 1.82) is 0 Å². The van der Waals surface area contributed by atoms with E-state index in [4.69, 9.17) is 9.68 Å². The Bertz CT molecular complexity index is 1110. The van der Waals surface area contributed by atoms with Crippen LogP contribution >= 0.6 is 0 Å². The van der Waals surface area contributed by atoms with Crippen molar-refractivity contribution in [2.45, 2.75) is 40.2 Å². The molecule has 0 N–H and O–H groups in total. The van der Waals surface area contributed by atoms with E-state index in [0.717, 1.165) is 27.8 Å². The quantitative estimate of drug-likeness (QED) is 0.389. The first-order chi connectivity index (χ1) is 13.7. The molecule has 0 radical (unpaired) electrons. The van der Waals surface area contributed by atoms with Crippen LogP contribution in [0, 0.1) is 19.1 Å². The fourth-order valence-corrected chi connectivity index (χ4v) is 3.72. The lowest BCUT2D eigenvalue weighted by atomic mass is 10.1. The summed E-state index contributed by atoms with van der Waals surface area (Å²) < 4.78 is 2.25. The normalized spacial score (nSPS) is 12.2. The van der Waals surface area contributed by atoms with Crippen molar-refractivity contribution in [2.75, 3.05) is 0 Å². The van der Waals surface area contributed by atoms with E-state index in [0.29, 0.717) is 5.75 Å². The number of nitrogens with zero attached hydrogens (tertiary/aromatic N) is 2. The molecule has 0 spiro atoms. The van der Waals surface area contributed by atoms with E-state index in [1.165, 1.54) is 10.8 Å². The van der Waals surface area contributed by atoms with Gasteiger partial charge in [0.25, 0.3) is 0 Å². The second-order valence-corrected chi connectivity index (χ2v) is 8.30. The summed E-state index contributed by atoms with van der Waals surface area (Å²) in [6.45, 7) is 9.26. The Kier molecular flexibility index (Phi) is 4.82. The monoisotopic (exact) mass is 389 g/mol. The number of hydrogen-bond donors (Lipinski definition) is 0. The van der Waals surface area contributed by atoms with Crippen LogP contribution in [0.15, 0.2) is 60.7 Å². The molecule has 0 saturated carbocycles. The molecule has 0 bridgehead atoms. The first-order valence-corrected chi connectivity index (χ1v) is 9.69. The van der Waals surface area contributed by atoms with E-state index < -0.39 is 5.60 Å². The lowest BCUT2D eigenvalue weighted by Crippen LogP contribution is -2.32. The first-order valence-electron chi connectivity index (χ1n) is 9.69. The molecule has 5 heteroatoms. The number of aromatic nitrogens is 1. The molecule has 0 saturated heterocycles. The Morgan fingerprint density at radius 1 is 0.828 bits per heavy atom. The van der Waals surface area contributed by atoms with Crippen LogP contribution in [0.3, 0.4) is 0 Å². The predicted molar refractivity (Wildman–Crippen MR) is 117 cm³/mol. The van der Waals surface area contributed by atoms with Gasteiger partial charge < -0.3 is 14.6 Å². The van der Waals surface area contributed by atoms with Gasteiger partial charge >= 0.3 is 0 Å². The maximum absolute atomic E-state index is 12.1. The first kappa shape index (κ1) is 19.5. The predicted octanol–water partition coefficient (Wildman–Crippen LogP) is 6.22. The summed E-state index contributed by atoms with van der Waals surface area (Å²) in [5.74, 6) is 0.508. The molecule has 1 heterocycles. The fraction of sp³-hybridized carbons (Fsp3) is 0.250. The molecule has 0 amide bonds. The van der Waals surface area contributed by atoms with Crippen LogP contribution in [0.1, 0.15) is 31.9 Å². The second-order valence-electron chi connectivity index (χ2n) is 8.30. The summed E-state index contributed by atoms with van der Waals surface area (Å²) in [5, 5.41) is 14.7. The molecule has 150 valence electrons. The van der Waals surface area contributed by atoms with Gasteiger partial charge in [-0.05, 0) is 70.0 Å². The zero-order valence-electron chi connectivity index (χ0n) is 17.4. The summed E-state index contributed by atoms with van der Waals surface area (Å²) in [7, 11) is 0. The highest BCUT2D eigenvalue weighted by Gasteiger charge is 2.17. The smallest absolute Gasteiger partial charge is 0.155 e. The van der Waals surface area contributed by atoms with E-state index >= 15 is 0 Å². The maximum atomic E-state index is 12.1. The maximum Gasteiger partial charge on any atom is 0.155 e. The number of fused-ring (bicyclic) bond motifs is 3. The van der Waals surface area contributed by atoms with E-state index in [9.17, 15) is 5.21 Å². The lowest BCUT2D eigenvalue weighted by Gasteiger charge is -2.33. The number of benzene rings is 3. The largest absolute Gasteiger partial charge is 0.728 e. The lowest BCUT2D eigenvalue weighted by molar-refractivity contribution is -0.327. The van der Waals surface area contributed by atoms with Crippen molar-refractivity contribution in [3.63, 3.8) is 0 Å². The zero-order valence-corrected chi connectivity index (χ0v) is 17.4. The van der Waals surface area contributed by atoms with E-state index in [-0.39, 0.29) is 5.39 Å². The van der Waals surface area contributed by atoms with Gasteiger partial charge in [0.05, 0.1) is 16.6 Å². The van der Waals surface area contributed by atoms with Gasteiger partial charge in [-0.15, -0.1) is 0 Å². The van der Waals surface area contributed by atoms with Gasteiger partial charge in [-0.3, -0.25) is 4.84 Å². The molecule has 1 aromatic heterocycles. The van der Waals surface area contributed by atoms with Crippen molar-refractivity contribution in [2.24, 2.45) is 0 Å². The third-order valence-corrected chi connectivity index (χ3v) is 4.80. The number of aryl methyl sites for hydroxylation is 2. The third kappa shape index (κ3) is 3.72. The van der Waals surface area contributed by atoms with Crippen LogP contribution in [-0.2, 0) is 4.84 Å². The van der Waals surface area contributed by atoms with E-state index in [1.807, 2.05) is 38.1 Å². The van der Waals surface area contributed by atoms with Crippen LogP contribution in [-0.4, -0.2) is 15.6 Å². The van der Waals surface area contributed by atoms with Crippen LogP contribution < -0.4 is 4.84 Å². The molecule has 4 rings (SSSR count). The van der Waals surface area contributed by atoms with Gasteiger partial charge in [-0.2, -0.15) is 0 Å². The van der Waals surface area contributed by atoms with Crippen molar-refractivity contribution in [3.8, 4) is 11.4 Å². The van der Waals surface area contributed by atoms with Gasteiger partial charge in [0.2, 0.25) is 0 Å². The average molecular weight is 389 g/mol. The Labute approximate surface area is 170 Å². The summed E-state index contributed by atoms with van der Waals surface area (Å²) >= 11 is 0. The van der Waals surface area contributed by atoms with Gasteiger partial charge in [0.1, 0.15) is 0 Å². The van der Waals surface area contributed by atoms with Crippen LogP contribution in [0.2, 0.25) is 0 Å². The second kappa shape index (κ2) is 7.19. The Morgan fingerprint density at radius 2 is 1.31 bits per heavy atom. The van der Waals surface area contributed by atoms with Gasteiger partial charge in [-0.25, -0.2) is 0 Å². The van der Waals surface area contributed by atoms with Crippen molar-refractivity contribution in [1.82, 2.24) is 9.96 Å². The number of rotatable bonds is 4. The number of hydrogen-bond acceptors (Lipinski definition) is 4. The molecule has 4 aromatic rings. The Balaban J connectivity index is 1.81. The highest BCUT2D eigenvalue weighted by molar-refractivity contribution is 6.09. The minimum Gasteiger partial charge on any atom is -0.728 e. The summed E-state index contributed by atoms with van der Waals surface area (Å²) in [5.41, 5.74) is 4.40. The summed E-state index contributed by atoms with van der Waals surface area (Å²) in [4.78, 5) is 10.7. The molecule has 0 unspecified atom stereocenters. The van der Waals surface area contributed by atoms with Crippen LogP contribution in [0.25, 0.3) is 27.5 Å². The van der Waals surface area contributed by atoms with Crippen LogP contribution in [0.4, 0.5) is 0 Å². The SMILES string of the molecule is Cc1cc(-n2c3ccccc3c3ccccc32)cc(C)c1ON([O-])OC(C)(C)C. The Hall–Kier alpha value is -2.86. The molecule has 29 heavy (non-hydrogen) atoms. The summed E-state index contributed by atoms with van der Waals surface area (Å²) in [6.07, 6.45) is 0. The standard InChI is InChI=1S/C24H25N2O3/c1-16-14-18(15-17(2)23(16)28-26(27)29-24(3,4)5)25-21-12-8-6-10-19(21)20-11-7-9-13-22(20)25/h6-15H,1-5H3/q-1. The molecular formula is C24H25N2O3-. The molecule has 0 aliphatic rings. The van der Waals surface area contributed by atoms with Crippen LogP contribution in [0.5, 0.6) is 5.75 Å². The molecule has 0 aliphatic carbocycles. The van der Waals surface area contributed by atoms with Gasteiger partial charge in [-0.1, -0.05) is 41.8 Å². The van der Waals surface area contributed by atoms with Gasteiger partial charge in [0.15, 0.2) is 5.75 Å².